The summed E-state index contributed by atoms with van der Waals surface area (Å²) in [4.78, 5) is 0.00565. The molecule has 12 heteroatoms. The number of benzene rings is 2. The van der Waals surface area contributed by atoms with Crippen LogP contribution in [-0.2, 0) is 20.0 Å². The van der Waals surface area contributed by atoms with E-state index in [1.165, 1.54) is 78.9 Å². The third-order valence-electron chi connectivity index (χ3n) is 4.86. The summed E-state index contributed by atoms with van der Waals surface area (Å²) in [6.45, 7) is -0.139. The molecule has 0 aliphatic carbocycles. The second kappa shape index (κ2) is 10.4. The van der Waals surface area contributed by atoms with Crippen LogP contribution in [0.1, 0.15) is 0 Å². The first kappa shape index (κ1) is 25.7. The highest BCUT2D eigenvalue weighted by atomic mass is 32.2. The summed E-state index contributed by atoms with van der Waals surface area (Å²) in [5.74, 6) is 1.34. The van der Waals surface area contributed by atoms with E-state index in [-0.39, 0.29) is 34.4 Å². The van der Waals surface area contributed by atoms with Gasteiger partial charge in [-0.25, -0.2) is 16.8 Å². The van der Waals surface area contributed by atoms with Gasteiger partial charge in [0.25, 0.3) is 0 Å². The highest BCUT2D eigenvalue weighted by molar-refractivity contribution is 7.89. The van der Waals surface area contributed by atoms with E-state index in [1.54, 1.807) is 0 Å². The Bertz CT molecular complexity index is 1060. The summed E-state index contributed by atoms with van der Waals surface area (Å²) in [5, 5.41) is 0. The first-order valence-electron chi connectivity index (χ1n) is 9.39. The van der Waals surface area contributed by atoms with Crippen LogP contribution in [0.15, 0.2) is 46.2 Å². The molecule has 0 amide bonds. The molecule has 0 bridgehead atoms. The van der Waals surface area contributed by atoms with Crippen LogP contribution in [0.25, 0.3) is 0 Å². The van der Waals surface area contributed by atoms with Gasteiger partial charge in [-0.05, 0) is 24.3 Å². The normalized spacial score (nSPS) is 12.1. The predicted octanol–water partition coefficient (Wildman–Crippen LogP) is 1.66. The molecule has 0 radical (unpaired) electrons. The fourth-order valence-electron chi connectivity index (χ4n) is 2.84. The molecule has 0 aromatic heterocycles. The lowest BCUT2D eigenvalue weighted by Gasteiger charge is -2.22. The van der Waals surface area contributed by atoms with E-state index in [0.29, 0.717) is 11.5 Å². The van der Waals surface area contributed by atoms with Crippen LogP contribution in [0.4, 0.5) is 0 Å². The zero-order valence-electron chi connectivity index (χ0n) is 18.9. The third kappa shape index (κ3) is 5.26. The minimum atomic E-state index is -3.88. The number of hydrogen-bond acceptors (Lipinski definition) is 8. The Kier molecular flexibility index (Phi) is 8.35. The molecule has 10 nitrogen and oxygen atoms in total. The van der Waals surface area contributed by atoms with Crippen LogP contribution in [0.2, 0.25) is 0 Å². The molecule has 0 saturated carbocycles. The molecule has 0 spiro atoms. The van der Waals surface area contributed by atoms with E-state index >= 15 is 0 Å². The van der Waals surface area contributed by atoms with Gasteiger partial charge in [-0.1, -0.05) is 0 Å². The highest BCUT2D eigenvalue weighted by Crippen LogP contribution is 2.31. The first-order chi connectivity index (χ1) is 15.0. The van der Waals surface area contributed by atoms with Crippen LogP contribution in [-0.4, -0.2) is 81.1 Å². The molecule has 0 unspecified atom stereocenters. The zero-order chi connectivity index (χ0) is 24.1. The van der Waals surface area contributed by atoms with Crippen molar-refractivity contribution in [2.45, 2.75) is 9.79 Å². The van der Waals surface area contributed by atoms with Gasteiger partial charge < -0.3 is 18.9 Å². The summed E-state index contributed by atoms with van der Waals surface area (Å²) in [5.41, 5.74) is 0. The van der Waals surface area contributed by atoms with Crippen LogP contribution >= 0.6 is 0 Å². The first-order valence-corrected chi connectivity index (χ1v) is 12.3. The molecule has 0 heterocycles. The molecular weight excluding hydrogens is 460 g/mol. The van der Waals surface area contributed by atoms with Crippen molar-refractivity contribution in [3.63, 3.8) is 0 Å². The Morgan fingerprint density at radius 3 is 1.19 bits per heavy atom. The van der Waals surface area contributed by atoms with Gasteiger partial charge >= 0.3 is 0 Å². The number of ether oxygens (including phenoxy) is 4. The van der Waals surface area contributed by atoms with Gasteiger partial charge in [0.1, 0.15) is 0 Å². The maximum absolute atomic E-state index is 12.9. The van der Waals surface area contributed by atoms with Crippen LogP contribution in [0, 0.1) is 0 Å². The molecule has 178 valence electrons. The smallest absolute Gasteiger partial charge is 0.242 e. The molecule has 2 aromatic carbocycles. The lowest BCUT2D eigenvalue weighted by Crippen LogP contribution is -2.37. The summed E-state index contributed by atoms with van der Waals surface area (Å²) in [6, 6.07) is 8.50. The highest BCUT2D eigenvalue weighted by Gasteiger charge is 2.26. The lowest BCUT2D eigenvalue weighted by molar-refractivity contribution is 0.353. The van der Waals surface area contributed by atoms with E-state index in [4.69, 9.17) is 18.9 Å². The van der Waals surface area contributed by atoms with Crippen molar-refractivity contribution in [3.8, 4) is 23.0 Å². The van der Waals surface area contributed by atoms with Gasteiger partial charge in [-0.15, -0.1) is 0 Å². The molecule has 0 aliphatic rings. The van der Waals surface area contributed by atoms with Gasteiger partial charge in [0.15, 0.2) is 23.0 Å². The fourth-order valence-corrected chi connectivity index (χ4v) is 5.19. The van der Waals surface area contributed by atoms with Crippen LogP contribution in [0.5, 0.6) is 23.0 Å². The molecule has 2 aromatic rings. The summed E-state index contributed by atoms with van der Waals surface area (Å²) >= 11 is 0. The largest absolute Gasteiger partial charge is 0.493 e. The van der Waals surface area contributed by atoms with Crippen LogP contribution in [0.3, 0.4) is 0 Å². The second-order valence-electron chi connectivity index (χ2n) is 6.69. The minimum absolute atomic E-state index is 0.00282. The Hall–Kier alpha value is -2.54. The Labute approximate surface area is 189 Å². The van der Waals surface area contributed by atoms with Gasteiger partial charge in [-0.3, -0.25) is 0 Å². The predicted molar refractivity (Wildman–Crippen MR) is 119 cm³/mol. The number of methoxy groups -OCH3 is 4. The monoisotopic (exact) mass is 488 g/mol. The summed E-state index contributed by atoms with van der Waals surface area (Å²) in [6.07, 6.45) is 0. The molecule has 0 aliphatic heterocycles. The van der Waals surface area contributed by atoms with E-state index < -0.39 is 20.0 Å². The quantitative estimate of drug-likeness (QED) is 0.470. The lowest BCUT2D eigenvalue weighted by atomic mass is 10.3. The average molecular weight is 489 g/mol. The number of rotatable bonds is 11. The van der Waals surface area contributed by atoms with Crippen molar-refractivity contribution in [2.75, 3.05) is 55.6 Å². The fraction of sp³-hybridized carbons (Fsp3) is 0.400. The van der Waals surface area contributed by atoms with E-state index in [9.17, 15) is 16.8 Å². The van der Waals surface area contributed by atoms with Crippen molar-refractivity contribution in [3.05, 3.63) is 36.4 Å². The Morgan fingerprint density at radius 1 is 0.594 bits per heavy atom. The van der Waals surface area contributed by atoms with E-state index in [1.807, 2.05) is 0 Å². The number of hydrogen-bond donors (Lipinski definition) is 0. The van der Waals surface area contributed by atoms with Crippen molar-refractivity contribution >= 4 is 20.0 Å². The minimum Gasteiger partial charge on any atom is -0.493 e. The van der Waals surface area contributed by atoms with Gasteiger partial charge in [0.05, 0.1) is 38.2 Å². The van der Waals surface area contributed by atoms with Crippen molar-refractivity contribution in [1.82, 2.24) is 8.61 Å². The molecule has 32 heavy (non-hydrogen) atoms. The Morgan fingerprint density at radius 2 is 0.906 bits per heavy atom. The zero-order valence-corrected chi connectivity index (χ0v) is 20.5. The van der Waals surface area contributed by atoms with E-state index in [2.05, 4.69) is 0 Å². The van der Waals surface area contributed by atoms with Gasteiger partial charge in [0, 0.05) is 39.3 Å². The third-order valence-corrected chi connectivity index (χ3v) is 8.56. The van der Waals surface area contributed by atoms with Crippen molar-refractivity contribution < 1.29 is 35.8 Å². The van der Waals surface area contributed by atoms with E-state index in [0.717, 1.165) is 8.61 Å². The number of nitrogens with zero attached hydrogens (tertiary/aromatic N) is 2. The standard InChI is InChI=1S/C20H28N2O8S2/c1-21(31(23,24)15-7-9-17(27-3)19(13-15)29-5)11-12-22(2)32(25,26)16-8-10-18(28-4)20(14-16)30-6/h7-10,13-14H,11-12H2,1-6H3. The molecule has 0 atom stereocenters. The number of sulfonamides is 2. The summed E-state index contributed by atoms with van der Waals surface area (Å²) in [7, 11) is 0.711. The number of likely N-dealkylation sites (N-methyl/N-ethyl adjacent to an activating group) is 2. The molecular formula is C20H28N2O8S2. The molecule has 0 saturated heterocycles. The maximum atomic E-state index is 12.9. The van der Waals surface area contributed by atoms with Gasteiger partial charge in [-0.2, -0.15) is 8.61 Å². The van der Waals surface area contributed by atoms with Crippen molar-refractivity contribution in [1.29, 1.82) is 0 Å². The molecule has 2 rings (SSSR count). The average Bonchev–Trinajstić information content (AvgIpc) is 2.80. The SMILES string of the molecule is COc1ccc(S(=O)(=O)N(C)CCN(C)S(=O)(=O)c2ccc(OC)c(OC)c2)cc1OC. The topological polar surface area (TPSA) is 112 Å². The maximum Gasteiger partial charge on any atom is 0.242 e. The summed E-state index contributed by atoms with van der Waals surface area (Å²) < 4.78 is 74.4. The second-order valence-corrected chi connectivity index (χ2v) is 10.8. The molecule has 0 N–H and O–H groups in total. The molecule has 0 fully saturated rings. The van der Waals surface area contributed by atoms with Crippen molar-refractivity contribution in [2.24, 2.45) is 0 Å². The van der Waals surface area contributed by atoms with Gasteiger partial charge in [0.2, 0.25) is 20.0 Å². The Balaban J connectivity index is 2.18. The van der Waals surface area contributed by atoms with Crippen LogP contribution < -0.4 is 18.9 Å².